The Morgan fingerprint density at radius 1 is 1.19 bits per heavy atom. The Hall–Kier alpha value is -3.16. The third kappa shape index (κ3) is 4.26. The number of para-hydroxylation sites is 1. The molecule has 2 aliphatic heterocycles. The molecule has 1 aromatic carbocycles. The van der Waals surface area contributed by atoms with Crippen molar-refractivity contribution >= 4 is 17.6 Å². The van der Waals surface area contributed by atoms with Crippen molar-refractivity contribution in [1.82, 2.24) is 19.8 Å². The third-order valence-electron chi connectivity index (χ3n) is 6.38. The zero-order chi connectivity index (χ0) is 22.8. The molecule has 1 N–H and O–H groups in total. The zero-order valence-electron chi connectivity index (χ0n) is 19.3. The molecule has 0 bridgehead atoms. The average molecular weight is 438 g/mol. The van der Waals surface area contributed by atoms with Crippen molar-refractivity contribution in [1.29, 1.82) is 0 Å². The van der Waals surface area contributed by atoms with Crippen molar-refractivity contribution < 1.29 is 14.3 Å². The number of carbonyl (C=O) groups is 2. The lowest BCUT2D eigenvalue weighted by molar-refractivity contribution is -0.134. The van der Waals surface area contributed by atoms with Gasteiger partial charge in [0.15, 0.2) is 12.4 Å². The van der Waals surface area contributed by atoms with Gasteiger partial charge in [0.05, 0.1) is 18.3 Å². The highest BCUT2D eigenvalue weighted by molar-refractivity contribution is 5.78. The second-order valence-electron chi connectivity index (χ2n) is 8.55. The largest absolute Gasteiger partial charge is 0.483 e. The van der Waals surface area contributed by atoms with Gasteiger partial charge in [0.2, 0.25) is 5.91 Å². The Bertz CT molecular complexity index is 1020. The fraction of sp³-hybridized carbons (Fsp3) is 0.500. The second kappa shape index (κ2) is 9.14. The molecule has 2 aliphatic rings. The van der Waals surface area contributed by atoms with E-state index >= 15 is 0 Å². The molecule has 4 rings (SSSR count). The number of hydrogen-bond acceptors (Lipinski definition) is 6. The van der Waals surface area contributed by atoms with E-state index in [1.165, 1.54) is 0 Å². The molecule has 8 heteroatoms. The molecule has 3 heterocycles. The number of amides is 2. The summed E-state index contributed by atoms with van der Waals surface area (Å²) >= 11 is 0. The number of carbonyl (C=O) groups excluding carboxylic acids is 2. The lowest BCUT2D eigenvalue weighted by atomic mass is 10.0. The standard InChI is InChI=1S/C24H31N5O3/c1-15-7-5-8-16(2)22(15)32-14-21(31)28-12-10-18-19(13-28)26-24(27-23(18)25-4)20-9-6-11-29(20)17(3)30/h5,7-8,20H,6,9-14H2,1-4H3,(H,25,26,27). The van der Waals surface area contributed by atoms with E-state index in [4.69, 9.17) is 14.7 Å². The number of ether oxygens (including phenoxy) is 1. The van der Waals surface area contributed by atoms with E-state index in [-0.39, 0.29) is 24.5 Å². The first-order valence-electron chi connectivity index (χ1n) is 11.2. The van der Waals surface area contributed by atoms with E-state index in [1.807, 2.05) is 44.0 Å². The summed E-state index contributed by atoms with van der Waals surface area (Å²) in [5, 5.41) is 3.18. The molecule has 1 aromatic heterocycles. The van der Waals surface area contributed by atoms with Gasteiger partial charge in [-0.05, 0) is 44.2 Å². The molecule has 0 aliphatic carbocycles. The normalized spacial score (nSPS) is 17.8. The summed E-state index contributed by atoms with van der Waals surface area (Å²) in [5.74, 6) is 2.20. The summed E-state index contributed by atoms with van der Waals surface area (Å²) < 4.78 is 5.88. The minimum atomic E-state index is -0.108. The predicted octanol–water partition coefficient (Wildman–Crippen LogP) is 2.78. The molecule has 0 spiro atoms. The molecule has 1 saturated heterocycles. The van der Waals surface area contributed by atoms with E-state index in [0.29, 0.717) is 25.3 Å². The molecular weight excluding hydrogens is 406 g/mol. The Morgan fingerprint density at radius 2 is 1.94 bits per heavy atom. The number of nitrogens with one attached hydrogen (secondary N) is 1. The van der Waals surface area contributed by atoms with Crippen LogP contribution in [0, 0.1) is 13.8 Å². The monoisotopic (exact) mass is 437 g/mol. The first-order valence-corrected chi connectivity index (χ1v) is 11.2. The number of rotatable bonds is 5. The highest BCUT2D eigenvalue weighted by atomic mass is 16.5. The SMILES string of the molecule is CNc1nc(C2CCCN2C(C)=O)nc2c1CCN(C(=O)COc1c(C)cccc1C)C2. The summed E-state index contributed by atoms with van der Waals surface area (Å²) in [6.07, 6.45) is 2.48. The van der Waals surface area contributed by atoms with Crippen molar-refractivity contribution in [2.24, 2.45) is 0 Å². The first-order chi connectivity index (χ1) is 15.4. The Balaban J connectivity index is 1.52. The van der Waals surface area contributed by atoms with E-state index in [2.05, 4.69) is 5.32 Å². The maximum absolute atomic E-state index is 12.9. The van der Waals surface area contributed by atoms with E-state index in [1.54, 1.807) is 11.8 Å². The highest BCUT2D eigenvalue weighted by Crippen LogP contribution is 2.33. The maximum atomic E-state index is 12.9. The summed E-state index contributed by atoms with van der Waals surface area (Å²) in [5.41, 5.74) is 3.93. The minimum Gasteiger partial charge on any atom is -0.483 e. The smallest absolute Gasteiger partial charge is 0.260 e. The van der Waals surface area contributed by atoms with Gasteiger partial charge in [-0.25, -0.2) is 9.97 Å². The minimum absolute atomic E-state index is 0.00140. The van der Waals surface area contributed by atoms with Gasteiger partial charge >= 0.3 is 0 Å². The lowest BCUT2D eigenvalue weighted by Crippen LogP contribution is -2.40. The van der Waals surface area contributed by atoms with Gasteiger partial charge in [-0.3, -0.25) is 9.59 Å². The van der Waals surface area contributed by atoms with Crippen molar-refractivity contribution in [2.75, 3.05) is 32.1 Å². The van der Waals surface area contributed by atoms with Crippen LogP contribution in [0.3, 0.4) is 0 Å². The molecule has 8 nitrogen and oxygen atoms in total. The fourth-order valence-electron chi connectivity index (χ4n) is 4.68. The van der Waals surface area contributed by atoms with E-state index in [9.17, 15) is 9.59 Å². The molecule has 170 valence electrons. The number of aryl methyl sites for hydroxylation is 2. The number of likely N-dealkylation sites (tertiary alicyclic amines) is 1. The maximum Gasteiger partial charge on any atom is 0.260 e. The molecule has 2 amide bonds. The fourth-order valence-corrected chi connectivity index (χ4v) is 4.68. The van der Waals surface area contributed by atoms with Crippen LogP contribution in [0.15, 0.2) is 18.2 Å². The summed E-state index contributed by atoms with van der Waals surface area (Å²) in [6.45, 7) is 7.30. The van der Waals surface area contributed by atoms with Gasteiger partial charge in [-0.15, -0.1) is 0 Å². The molecule has 0 radical (unpaired) electrons. The number of fused-ring (bicyclic) bond motifs is 1. The summed E-state index contributed by atoms with van der Waals surface area (Å²) in [7, 11) is 1.85. The number of nitrogens with zero attached hydrogens (tertiary/aromatic N) is 4. The Kier molecular flexibility index (Phi) is 6.30. The van der Waals surface area contributed by atoms with Crippen LogP contribution in [0.2, 0.25) is 0 Å². The number of aromatic nitrogens is 2. The number of anilines is 1. The molecule has 32 heavy (non-hydrogen) atoms. The topological polar surface area (TPSA) is 87.7 Å². The quantitative estimate of drug-likeness (QED) is 0.774. The van der Waals surface area contributed by atoms with Crippen LogP contribution in [0.4, 0.5) is 5.82 Å². The molecule has 1 fully saturated rings. The van der Waals surface area contributed by atoms with Crippen LogP contribution in [-0.4, -0.2) is 58.3 Å². The Morgan fingerprint density at radius 3 is 2.62 bits per heavy atom. The zero-order valence-corrected chi connectivity index (χ0v) is 19.3. The van der Waals surface area contributed by atoms with Crippen molar-refractivity contribution in [3.05, 3.63) is 46.4 Å². The van der Waals surface area contributed by atoms with Crippen LogP contribution in [0.5, 0.6) is 5.75 Å². The van der Waals surface area contributed by atoms with Crippen LogP contribution < -0.4 is 10.1 Å². The highest BCUT2D eigenvalue weighted by Gasteiger charge is 2.33. The average Bonchev–Trinajstić information content (AvgIpc) is 3.28. The molecular formula is C24H31N5O3. The van der Waals surface area contributed by atoms with E-state index in [0.717, 1.165) is 53.3 Å². The van der Waals surface area contributed by atoms with Crippen molar-refractivity contribution in [2.45, 2.75) is 52.6 Å². The molecule has 1 unspecified atom stereocenters. The van der Waals surface area contributed by atoms with Crippen LogP contribution in [-0.2, 0) is 22.6 Å². The van der Waals surface area contributed by atoms with Gasteiger partial charge in [0.1, 0.15) is 11.6 Å². The Labute approximate surface area is 189 Å². The van der Waals surface area contributed by atoms with Crippen molar-refractivity contribution in [3.63, 3.8) is 0 Å². The summed E-state index contributed by atoms with van der Waals surface area (Å²) in [6, 6.07) is 5.84. The van der Waals surface area contributed by atoms with Crippen LogP contribution in [0.25, 0.3) is 0 Å². The van der Waals surface area contributed by atoms with Gasteiger partial charge in [0.25, 0.3) is 5.91 Å². The van der Waals surface area contributed by atoms with Gasteiger partial charge in [-0.1, -0.05) is 18.2 Å². The predicted molar refractivity (Wildman–Crippen MR) is 121 cm³/mol. The van der Waals surface area contributed by atoms with E-state index < -0.39 is 0 Å². The van der Waals surface area contributed by atoms with Crippen molar-refractivity contribution in [3.8, 4) is 5.75 Å². The third-order valence-corrected chi connectivity index (χ3v) is 6.38. The van der Waals surface area contributed by atoms with Gasteiger partial charge < -0.3 is 19.9 Å². The van der Waals surface area contributed by atoms with Gasteiger partial charge in [0, 0.05) is 32.6 Å². The number of benzene rings is 1. The first kappa shape index (κ1) is 22.0. The van der Waals surface area contributed by atoms with Crippen LogP contribution >= 0.6 is 0 Å². The second-order valence-corrected chi connectivity index (χ2v) is 8.55. The molecule has 2 aromatic rings. The lowest BCUT2D eigenvalue weighted by Gasteiger charge is -2.30. The molecule has 1 atom stereocenters. The molecule has 0 saturated carbocycles. The number of hydrogen-bond donors (Lipinski definition) is 1. The van der Waals surface area contributed by atoms with Gasteiger partial charge in [-0.2, -0.15) is 0 Å². The van der Waals surface area contributed by atoms with Crippen LogP contribution in [0.1, 0.15) is 54.0 Å². The summed E-state index contributed by atoms with van der Waals surface area (Å²) in [4.78, 5) is 38.2.